The fourth-order valence-electron chi connectivity index (χ4n) is 1.77. The molecule has 0 fully saturated rings. The van der Waals surface area contributed by atoms with Crippen LogP contribution < -0.4 is 0 Å². The molecule has 0 saturated heterocycles. The summed E-state index contributed by atoms with van der Waals surface area (Å²) >= 11 is 5.78. The van der Waals surface area contributed by atoms with E-state index in [9.17, 15) is 4.79 Å². The van der Waals surface area contributed by atoms with Crippen molar-refractivity contribution in [2.24, 2.45) is 0 Å². The van der Waals surface area contributed by atoms with Gasteiger partial charge in [-0.1, -0.05) is 45.0 Å². The lowest BCUT2D eigenvalue weighted by Gasteiger charge is -2.21. The summed E-state index contributed by atoms with van der Waals surface area (Å²) in [5.74, 6) is -0.0448. The number of nitrogens with zero attached hydrogens (tertiary/aromatic N) is 1. The van der Waals surface area contributed by atoms with Gasteiger partial charge in [0.15, 0.2) is 0 Å². The molecule has 0 spiro atoms. The topological polar surface area (TPSA) is 20.3 Å². The molecule has 0 radical (unpaired) electrons. The average Bonchev–Trinajstić information content (AvgIpc) is 2.27. The van der Waals surface area contributed by atoms with Gasteiger partial charge in [-0.2, -0.15) is 0 Å². The van der Waals surface area contributed by atoms with Crippen molar-refractivity contribution >= 4 is 17.5 Å². The predicted octanol–water partition coefficient (Wildman–Crippen LogP) is 3.57. The number of amides is 1. The molecule has 1 rings (SSSR count). The van der Waals surface area contributed by atoms with Gasteiger partial charge in [-0.25, -0.2) is 0 Å². The van der Waals surface area contributed by atoms with Crippen LogP contribution in [0.4, 0.5) is 0 Å². The number of alkyl halides is 1. The van der Waals surface area contributed by atoms with E-state index in [1.165, 1.54) is 5.56 Å². The first-order valence-corrected chi connectivity index (χ1v) is 6.64. The van der Waals surface area contributed by atoms with Gasteiger partial charge in [0.05, 0.1) is 0 Å². The van der Waals surface area contributed by atoms with Crippen LogP contribution >= 0.6 is 11.6 Å². The Hall–Kier alpha value is -1.02. The van der Waals surface area contributed by atoms with Gasteiger partial charge in [0.25, 0.3) is 0 Å². The van der Waals surface area contributed by atoms with Crippen molar-refractivity contribution in [1.29, 1.82) is 0 Å². The van der Waals surface area contributed by atoms with E-state index < -0.39 is 5.38 Å². The molecule has 3 heteroatoms. The molecule has 0 heterocycles. The zero-order valence-corrected chi connectivity index (χ0v) is 12.6. The Morgan fingerprint density at radius 1 is 1.28 bits per heavy atom. The molecule has 0 aliphatic rings. The van der Waals surface area contributed by atoms with Gasteiger partial charge in [0.1, 0.15) is 5.38 Å². The van der Waals surface area contributed by atoms with Crippen molar-refractivity contribution in [3.8, 4) is 0 Å². The summed E-state index contributed by atoms with van der Waals surface area (Å²) in [7, 11) is 1.78. The number of benzene rings is 1. The highest BCUT2D eigenvalue weighted by molar-refractivity contribution is 6.30. The summed E-state index contributed by atoms with van der Waals surface area (Å²) in [5.41, 5.74) is 2.58. The Morgan fingerprint density at radius 3 is 2.17 bits per heavy atom. The number of carbonyl (C=O) groups excluding carboxylic acids is 1. The highest BCUT2D eigenvalue weighted by Gasteiger charge is 2.16. The fraction of sp³-hybridized carbons (Fsp3) is 0.533. The van der Waals surface area contributed by atoms with Gasteiger partial charge < -0.3 is 4.90 Å². The summed E-state index contributed by atoms with van der Waals surface area (Å²) in [6, 6.07) is 8.39. The van der Waals surface area contributed by atoms with Gasteiger partial charge in [0.2, 0.25) is 5.91 Å². The van der Waals surface area contributed by atoms with Crippen LogP contribution in [0.3, 0.4) is 0 Å². The molecule has 0 saturated carbocycles. The summed E-state index contributed by atoms with van der Waals surface area (Å²) in [5, 5.41) is -0.469. The third-order valence-corrected chi connectivity index (χ3v) is 3.14. The Labute approximate surface area is 115 Å². The number of carbonyl (C=O) groups is 1. The monoisotopic (exact) mass is 267 g/mol. The van der Waals surface area contributed by atoms with Gasteiger partial charge >= 0.3 is 0 Å². The minimum absolute atomic E-state index is 0.0448. The summed E-state index contributed by atoms with van der Waals surface area (Å²) in [6.07, 6.45) is 0. The highest BCUT2D eigenvalue weighted by Crippen LogP contribution is 2.22. The molecule has 1 unspecified atom stereocenters. The second-order valence-electron chi connectivity index (χ2n) is 5.76. The van der Waals surface area contributed by atoms with Crippen LogP contribution in [0.1, 0.15) is 38.8 Å². The molecule has 1 amide bonds. The lowest BCUT2D eigenvalue weighted by atomic mass is 9.87. The quantitative estimate of drug-likeness (QED) is 0.767. The molecule has 1 atom stereocenters. The van der Waals surface area contributed by atoms with Crippen LogP contribution in [0.25, 0.3) is 0 Å². The van der Waals surface area contributed by atoms with Crippen LogP contribution in [-0.2, 0) is 16.8 Å². The fourth-order valence-corrected chi connectivity index (χ4v) is 1.93. The van der Waals surface area contributed by atoms with Crippen LogP contribution in [-0.4, -0.2) is 23.2 Å². The number of hydrogen-bond donors (Lipinski definition) is 0. The summed E-state index contributed by atoms with van der Waals surface area (Å²) in [6.45, 7) is 8.86. The van der Waals surface area contributed by atoms with E-state index in [1.54, 1.807) is 18.9 Å². The Kier molecular flexibility index (Phi) is 4.80. The molecule has 0 aromatic heterocycles. The molecule has 2 nitrogen and oxygen atoms in total. The highest BCUT2D eigenvalue weighted by atomic mass is 35.5. The predicted molar refractivity (Wildman–Crippen MR) is 76.9 cm³/mol. The zero-order valence-electron chi connectivity index (χ0n) is 11.8. The molecule has 0 bridgehead atoms. The Bertz CT molecular complexity index is 403. The maximum Gasteiger partial charge on any atom is 0.240 e. The molecule has 1 aromatic carbocycles. The number of hydrogen-bond acceptors (Lipinski definition) is 1. The minimum Gasteiger partial charge on any atom is -0.340 e. The van der Waals surface area contributed by atoms with E-state index in [1.807, 2.05) is 0 Å². The van der Waals surface area contributed by atoms with E-state index in [-0.39, 0.29) is 11.3 Å². The second kappa shape index (κ2) is 5.75. The first kappa shape index (κ1) is 15.0. The molecular formula is C15H22ClNO. The minimum atomic E-state index is -0.469. The van der Waals surface area contributed by atoms with E-state index in [0.717, 1.165) is 5.56 Å². The van der Waals surface area contributed by atoms with E-state index in [2.05, 4.69) is 45.0 Å². The lowest BCUT2D eigenvalue weighted by Crippen LogP contribution is -2.31. The Balaban J connectivity index is 2.73. The average molecular weight is 268 g/mol. The third-order valence-electron chi connectivity index (χ3n) is 2.96. The van der Waals surface area contributed by atoms with Crippen molar-refractivity contribution in [3.05, 3.63) is 35.4 Å². The molecular weight excluding hydrogens is 246 g/mol. The maximum absolute atomic E-state index is 11.7. The van der Waals surface area contributed by atoms with E-state index in [0.29, 0.717) is 6.54 Å². The zero-order chi connectivity index (χ0) is 13.9. The molecule has 0 N–H and O–H groups in total. The Morgan fingerprint density at radius 2 is 1.78 bits per heavy atom. The summed E-state index contributed by atoms with van der Waals surface area (Å²) < 4.78 is 0. The molecule has 1 aromatic rings. The van der Waals surface area contributed by atoms with Crippen molar-refractivity contribution in [3.63, 3.8) is 0 Å². The summed E-state index contributed by atoms with van der Waals surface area (Å²) in [4.78, 5) is 13.3. The SMILES string of the molecule is CC(Cl)C(=O)N(C)Cc1ccc(C(C)(C)C)cc1. The molecule has 0 aliphatic heterocycles. The third kappa shape index (κ3) is 4.02. The van der Waals surface area contributed by atoms with E-state index >= 15 is 0 Å². The first-order chi connectivity index (χ1) is 8.21. The van der Waals surface area contributed by atoms with Crippen molar-refractivity contribution in [2.45, 2.75) is 45.0 Å². The van der Waals surface area contributed by atoms with Crippen molar-refractivity contribution in [1.82, 2.24) is 4.90 Å². The normalized spacial score (nSPS) is 13.2. The van der Waals surface area contributed by atoms with E-state index in [4.69, 9.17) is 11.6 Å². The molecule has 18 heavy (non-hydrogen) atoms. The largest absolute Gasteiger partial charge is 0.340 e. The first-order valence-electron chi connectivity index (χ1n) is 6.20. The molecule has 100 valence electrons. The van der Waals surface area contributed by atoms with Crippen LogP contribution in [0, 0.1) is 0 Å². The number of rotatable bonds is 3. The maximum atomic E-state index is 11.7. The van der Waals surface area contributed by atoms with Crippen LogP contribution in [0.5, 0.6) is 0 Å². The smallest absolute Gasteiger partial charge is 0.240 e. The van der Waals surface area contributed by atoms with Crippen molar-refractivity contribution in [2.75, 3.05) is 7.05 Å². The van der Waals surface area contributed by atoms with Gasteiger partial charge in [-0.3, -0.25) is 4.79 Å². The van der Waals surface area contributed by atoms with Crippen LogP contribution in [0.2, 0.25) is 0 Å². The van der Waals surface area contributed by atoms with Gasteiger partial charge in [-0.05, 0) is 23.5 Å². The number of halogens is 1. The standard InChI is InChI=1S/C15H22ClNO/c1-11(16)14(18)17(5)10-12-6-8-13(9-7-12)15(2,3)4/h6-9,11H,10H2,1-5H3. The van der Waals surface area contributed by atoms with Gasteiger partial charge in [-0.15, -0.1) is 11.6 Å². The van der Waals surface area contributed by atoms with Gasteiger partial charge in [0, 0.05) is 13.6 Å². The molecule has 0 aliphatic carbocycles. The van der Waals surface area contributed by atoms with Crippen molar-refractivity contribution < 1.29 is 4.79 Å². The lowest BCUT2D eigenvalue weighted by molar-refractivity contribution is -0.129. The van der Waals surface area contributed by atoms with Crippen LogP contribution in [0.15, 0.2) is 24.3 Å². The second-order valence-corrected chi connectivity index (χ2v) is 6.41.